The molecule has 94 valence electrons. The van der Waals surface area contributed by atoms with E-state index in [4.69, 9.17) is 4.74 Å². The zero-order chi connectivity index (χ0) is 12.4. The maximum absolute atomic E-state index is 5.28. The van der Waals surface area contributed by atoms with Gasteiger partial charge in [-0.15, -0.1) is 10.2 Å². The summed E-state index contributed by atoms with van der Waals surface area (Å²) < 4.78 is 5.28. The number of ether oxygens (including phenoxy) is 1. The molecule has 4 nitrogen and oxygen atoms in total. The number of rotatable bonds is 2. The summed E-state index contributed by atoms with van der Waals surface area (Å²) in [6, 6.07) is 8.18. The molecule has 4 heteroatoms. The van der Waals surface area contributed by atoms with Gasteiger partial charge in [0.05, 0.1) is 7.11 Å². The van der Waals surface area contributed by atoms with Crippen molar-refractivity contribution in [2.75, 3.05) is 25.1 Å². The van der Waals surface area contributed by atoms with Crippen molar-refractivity contribution in [3.63, 3.8) is 0 Å². The summed E-state index contributed by atoms with van der Waals surface area (Å²) in [5.41, 5.74) is 0. The predicted molar refractivity (Wildman–Crippen MR) is 72.2 cm³/mol. The minimum atomic E-state index is 0.603. The van der Waals surface area contributed by atoms with E-state index in [9.17, 15) is 0 Å². The summed E-state index contributed by atoms with van der Waals surface area (Å²) in [6.07, 6.45) is 3.79. The third-order valence-corrected chi connectivity index (χ3v) is 3.48. The number of hydrogen-bond acceptors (Lipinski definition) is 4. The van der Waals surface area contributed by atoms with E-state index in [2.05, 4.69) is 21.2 Å². The zero-order valence-corrected chi connectivity index (χ0v) is 10.6. The molecular formula is C14H17N3O. The van der Waals surface area contributed by atoms with E-state index in [1.165, 1.54) is 19.3 Å². The summed E-state index contributed by atoms with van der Waals surface area (Å²) in [4.78, 5) is 2.33. The van der Waals surface area contributed by atoms with Gasteiger partial charge < -0.3 is 9.64 Å². The lowest BCUT2D eigenvalue weighted by atomic mass is 10.1. The predicted octanol–water partition coefficient (Wildman–Crippen LogP) is 2.63. The number of aromatic nitrogens is 2. The van der Waals surface area contributed by atoms with Crippen LogP contribution in [-0.4, -0.2) is 30.4 Å². The fourth-order valence-electron chi connectivity index (χ4n) is 2.56. The molecule has 0 unspecified atom stereocenters. The van der Waals surface area contributed by atoms with Gasteiger partial charge in [0, 0.05) is 23.9 Å². The molecule has 0 N–H and O–H groups in total. The molecule has 1 fully saturated rings. The maximum Gasteiger partial charge on any atom is 0.241 e. The third kappa shape index (κ3) is 1.88. The molecule has 2 heterocycles. The van der Waals surface area contributed by atoms with Crippen LogP contribution in [0.5, 0.6) is 5.88 Å². The summed E-state index contributed by atoms with van der Waals surface area (Å²) in [5.74, 6) is 1.59. The first-order valence-corrected chi connectivity index (χ1v) is 6.44. The Hall–Kier alpha value is -1.84. The Morgan fingerprint density at radius 2 is 1.72 bits per heavy atom. The standard InChI is InChI=1S/C14H17N3O/c1-18-14-12-8-4-3-7-11(12)13(15-16-14)17-9-5-2-6-10-17/h3-4,7-8H,2,5-6,9-10H2,1H3. The number of methoxy groups -OCH3 is 1. The Morgan fingerprint density at radius 1 is 1.00 bits per heavy atom. The van der Waals surface area contributed by atoms with Crippen molar-refractivity contribution >= 4 is 16.6 Å². The number of nitrogens with zero attached hydrogens (tertiary/aromatic N) is 3. The molecule has 0 aliphatic carbocycles. The highest BCUT2D eigenvalue weighted by Gasteiger charge is 2.17. The van der Waals surface area contributed by atoms with E-state index in [0.717, 1.165) is 29.7 Å². The molecule has 18 heavy (non-hydrogen) atoms. The highest BCUT2D eigenvalue weighted by atomic mass is 16.5. The van der Waals surface area contributed by atoms with Crippen molar-refractivity contribution in [3.05, 3.63) is 24.3 Å². The molecule has 0 bridgehead atoms. The molecule has 3 rings (SSSR count). The Bertz CT molecular complexity index is 550. The Morgan fingerprint density at radius 3 is 2.44 bits per heavy atom. The second-order valence-corrected chi connectivity index (χ2v) is 4.63. The second kappa shape index (κ2) is 4.80. The number of benzene rings is 1. The van der Waals surface area contributed by atoms with Gasteiger partial charge in [-0.25, -0.2) is 0 Å². The first-order valence-electron chi connectivity index (χ1n) is 6.44. The third-order valence-electron chi connectivity index (χ3n) is 3.48. The minimum absolute atomic E-state index is 0.603. The van der Waals surface area contributed by atoms with Crippen LogP contribution in [0.3, 0.4) is 0 Å². The number of hydrogen-bond donors (Lipinski definition) is 0. The van der Waals surface area contributed by atoms with E-state index in [1.807, 2.05) is 18.2 Å². The molecule has 1 aliphatic rings. The van der Waals surface area contributed by atoms with Crippen LogP contribution in [0.2, 0.25) is 0 Å². The quantitative estimate of drug-likeness (QED) is 0.812. The van der Waals surface area contributed by atoms with E-state index < -0.39 is 0 Å². The van der Waals surface area contributed by atoms with Crippen molar-refractivity contribution < 1.29 is 4.74 Å². The summed E-state index contributed by atoms with van der Waals surface area (Å²) >= 11 is 0. The molecule has 1 aromatic heterocycles. The van der Waals surface area contributed by atoms with E-state index in [1.54, 1.807) is 7.11 Å². The highest BCUT2D eigenvalue weighted by molar-refractivity contribution is 5.95. The van der Waals surface area contributed by atoms with E-state index in [0.29, 0.717) is 5.88 Å². The Labute approximate surface area is 107 Å². The van der Waals surface area contributed by atoms with E-state index >= 15 is 0 Å². The van der Waals surface area contributed by atoms with Crippen LogP contribution in [0.15, 0.2) is 24.3 Å². The average molecular weight is 243 g/mol. The molecule has 0 radical (unpaired) electrons. The normalized spacial score (nSPS) is 15.9. The largest absolute Gasteiger partial charge is 0.479 e. The lowest BCUT2D eigenvalue weighted by molar-refractivity contribution is 0.397. The first kappa shape index (κ1) is 11.3. The molecule has 0 amide bonds. The summed E-state index contributed by atoms with van der Waals surface area (Å²) in [7, 11) is 1.64. The van der Waals surface area contributed by atoms with Crippen molar-refractivity contribution in [2.24, 2.45) is 0 Å². The highest BCUT2D eigenvalue weighted by Crippen LogP contribution is 2.30. The van der Waals surface area contributed by atoms with Crippen LogP contribution in [0.4, 0.5) is 5.82 Å². The Balaban J connectivity index is 2.12. The second-order valence-electron chi connectivity index (χ2n) is 4.63. The summed E-state index contributed by atoms with van der Waals surface area (Å²) in [6.45, 7) is 2.15. The molecule has 1 saturated heterocycles. The van der Waals surface area contributed by atoms with Gasteiger partial charge in [-0.05, 0) is 25.3 Å². The lowest BCUT2D eigenvalue weighted by Gasteiger charge is -2.28. The molecule has 0 atom stereocenters. The molecule has 0 saturated carbocycles. The van der Waals surface area contributed by atoms with Gasteiger partial charge in [0.15, 0.2) is 5.82 Å². The van der Waals surface area contributed by atoms with Crippen LogP contribution < -0.4 is 9.64 Å². The van der Waals surface area contributed by atoms with Crippen molar-refractivity contribution in [1.82, 2.24) is 10.2 Å². The topological polar surface area (TPSA) is 38.3 Å². The van der Waals surface area contributed by atoms with Gasteiger partial charge in [-0.2, -0.15) is 0 Å². The van der Waals surface area contributed by atoms with Crippen LogP contribution in [-0.2, 0) is 0 Å². The molecule has 1 aliphatic heterocycles. The smallest absolute Gasteiger partial charge is 0.241 e. The van der Waals surface area contributed by atoms with Gasteiger partial charge >= 0.3 is 0 Å². The molecule has 0 spiro atoms. The maximum atomic E-state index is 5.28. The molecular weight excluding hydrogens is 226 g/mol. The van der Waals surface area contributed by atoms with Crippen LogP contribution >= 0.6 is 0 Å². The van der Waals surface area contributed by atoms with Gasteiger partial charge in [0.2, 0.25) is 5.88 Å². The van der Waals surface area contributed by atoms with Gasteiger partial charge in [-0.1, -0.05) is 18.2 Å². The first-order chi connectivity index (χ1) is 8.90. The van der Waals surface area contributed by atoms with Crippen molar-refractivity contribution in [1.29, 1.82) is 0 Å². The number of piperidine rings is 1. The molecule has 2 aromatic rings. The molecule has 1 aromatic carbocycles. The number of anilines is 1. The Kier molecular flexibility index (Phi) is 3.00. The van der Waals surface area contributed by atoms with Gasteiger partial charge in [-0.3, -0.25) is 0 Å². The van der Waals surface area contributed by atoms with Crippen molar-refractivity contribution in [3.8, 4) is 5.88 Å². The fraction of sp³-hybridized carbons (Fsp3) is 0.429. The van der Waals surface area contributed by atoms with Gasteiger partial charge in [0.25, 0.3) is 0 Å². The van der Waals surface area contributed by atoms with E-state index in [-0.39, 0.29) is 0 Å². The average Bonchev–Trinajstić information content (AvgIpc) is 2.47. The fourth-order valence-corrected chi connectivity index (χ4v) is 2.56. The summed E-state index contributed by atoms with van der Waals surface area (Å²) in [5, 5.41) is 10.7. The lowest BCUT2D eigenvalue weighted by Crippen LogP contribution is -2.30. The van der Waals surface area contributed by atoms with Gasteiger partial charge in [0.1, 0.15) is 0 Å². The van der Waals surface area contributed by atoms with Crippen LogP contribution in [0.1, 0.15) is 19.3 Å². The number of fused-ring (bicyclic) bond motifs is 1. The monoisotopic (exact) mass is 243 g/mol. The SMILES string of the molecule is COc1nnc(N2CCCCC2)c2ccccc12. The van der Waals surface area contributed by atoms with Crippen LogP contribution in [0, 0.1) is 0 Å². The van der Waals surface area contributed by atoms with Crippen molar-refractivity contribution in [2.45, 2.75) is 19.3 Å². The zero-order valence-electron chi connectivity index (χ0n) is 10.6. The van der Waals surface area contributed by atoms with Crippen LogP contribution in [0.25, 0.3) is 10.8 Å². The minimum Gasteiger partial charge on any atom is -0.479 e.